The lowest BCUT2D eigenvalue weighted by atomic mass is 9.99. The molecule has 0 bridgehead atoms. The molecule has 1 aromatic heterocycles. The van der Waals surface area contributed by atoms with E-state index in [0.717, 1.165) is 72.4 Å². The molecule has 0 saturated carbocycles. The highest BCUT2D eigenvalue weighted by Gasteiger charge is 2.23. The van der Waals surface area contributed by atoms with E-state index in [1.54, 1.807) is 12.1 Å². The van der Waals surface area contributed by atoms with Crippen molar-refractivity contribution in [2.75, 3.05) is 19.7 Å². The molecule has 6 heteroatoms. The first-order chi connectivity index (χ1) is 17.1. The van der Waals surface area contributed by atoms with Crippen molar-refractivity contribution in [3.63, 3.8) is 0 Å². The Morgan fingerprint density at radius 3 is 3.00 bits per heavy atom. The van der Waals surface area contributed by atoms with Gasteiger partial charge in [-0.1, -0.05) is 24.3 Å². The summed E-state index contributed by atoms with van der Waals surface area (Å²) in [4.78, 5) is 2.36. The van der Waals surface area contributed by atoms with Gasteiger partial charge in [-0.05, 0) is 73.8 Å². The van der Waals surface area contributed by atoms with Gasteiger partial charge in [0.2, 0.25) is 0 Å². The molecule has 0 aliphatic carbocycles. The Morgan fingerprint density at radius 2 is 2.09 bits per heavy atom. The number of nitrogens with zero attached hydrogens (tertiary/aromatic N) is 2. The predicted octanol–water partition coefficient (Wildman–Crippen LogP) is 5.62. The number of likely N-dealkylation sites (tertiary alicyclic amines) is 1. The monoisotopic (exact) mass is 470 g/mol. The van der Waals surface area contributed by atoms with Gasteiger partial charge in [-0.25, -0.2) is 4.39 Å². The summed E-state index contributed by atoms with van der Waals surface area (Å²) in [5.41, 5.74) is 6.42. The maximum atomic E-state index is 14.1. The van der Waals surface area contributed by atoms with Crippen LogP contribution in [0.2, 0.25) is 0 Å². The first kappa shape index (κ1) is 22.3. The van der Waals surface area contributed by atoms with Crippen molar-refractivity contribution in [1.29, 1.82) is 0 Å². The van der Waals surface area contributed by atoms with Crippen LogP contribution in [0.15, 0.2) is 60.7 Å². The number of hydrogen-bond donors (Lipinski definition) is 2. The third-order valence-corrected chi connectivity index (χ3v) is 7.39. The van der Waals surface area contributed by atoms with Gasteiger partial charge in [-0.15, -0.1) is 0 Å². The zero-order valence-corrected chi connectivity index (χ0v) is 20.1. The second kappa shape index (κ2) is 9.44. The number of nitrogens with one attached hydrogen (secondary N) is 2. The lowest BCUT2D eigenvalue weighted by Gasteiger charge is -2.35. The lowest BCUT2D eigenvalue weighted by Crippen LogP contribution is -2.46. The smallest absolute Gasteiger partial charge is 0.127 e. The molecule has 5 nitrogen and oxygen atoms in total. The Bertz CT molecular complexity index is 1350. The average molecular weight is 471 g/mol. The highest BCUT2D eigenvalue weighted by atomic mass is 19.1. The van der Waals surface area contributed by atoms with Crippen LogP contribution in [-0.4, -0.2) is 40.8 Å². The molecule has 180 valence electrons. The van der Waals surface area contributed by atoms with Gasteiger partial charge >= 0.3 is 0 Å². The van der Waals surface area contributed by atoms with E-state index in [1.165, 1.54) is 11.1 Å². The summed E-state index contributed by atoms with van der Waals surface area (Å²) in [7, 11) is 0. The summed E-state index contributed by atoms with van der Waals surface area (Å²) in [6.07, 6.45) is 3.20. The number of H-pyrrole nitrogens is 1. The minimum atomic E-state index is -0.115. The van der Waals surface area contributed by atoms with Crippen LogP contribution in [0.5, 0.6) is 5.75 Å². The van der Waals surface area contributed by atoms with E-state index in [2.05, 4.69) is 63.7 Å². The van der Waals surface area contributed by atoms with Crippen molar-refractivity contribution in [1.82, 2.24) is 20.4 Å². The molecule has 3 aromatic carbocycles. The van der Waals surface area contributed by atoms with E-state index in [0.29, 0.717) is 12.6 Å². The van der Waals surface area contributed by atoms with Crippen LogP contribution in [0, 0.1) is 5.82 Å². The highest BCUT2D eigenvalue weighted by molar-refractivity contribution is 5.93. The molecule has 1 fully saturated rings. The first-order valence-electron chi connectivity index (χ1n) is 12.6. The molecular formula is C29H31FN4O. The molecule has 1 unspecified atom stereocenters. The van der Waals surface area contributed by atoms with Gasteiger partial charge in [0.25, 0.3) is 0 Å². The Morgan fingerprint density at radius 1 is 1.17 bits per heavy atom. The number of fused-ring (bicyclic) bond motifs is 2. The van der Waals surface area contributed by atoms with Crippen LogP contribution in [0.1, 0.15) is 42.5 Å². The van der Waals surface area contributed by atoms with Crippen molar-refractivity contribution in [2.24, 2.45) is 0 Å². The Hall–Kier alpha value is -3.22. The minimum Gasteiger partial charge on any atom is -0.493 e. The van der Waals surface area contributed by atoms with Gasteiger partial charge in [0, 0.05) is 48.1 Å². The van der Waals surface area contributed by atoms with E-state index in [9.17, 15) is 4.39 Å². The first-order valence-corrected chi connectivity index (χ1v) is 12.6. The summed E-state index contributed by atoms with van der Waals surface area (Å²) < 4.78 is 19.8. The van der Waals surface area contributed by atoms with Gasteiger partial charge in [0.15, 0.2) is 0 Å². The summed E-state index contributed by atoms with van der Waals surface area (Å²) in [5, 5.41) is 12.8. The lowest BCUT2D eigenvalue weighted by molar-refractivity contribution is 0.175. The fourth-order valence-corrected chi connectivity index (χ4v) is 5.51. The van der Waals surface area contributed by atoms with Crippen LogP contribution in [0.25, 0.3) is 22.2 Å². The minimum absolute atomic E-state index is 0.115. The van der Waals surface area contributed by atoms with Crippen LogP contribution in [-0.2, 0) is 13.0 Å². The van der Waals surface area contributed by atoms with Gasteiger partial charge in [0.05, 0.1) is 17.8 Å². The highest BCUT2D eigenvalue weighted by Crippen LogP contribution is 2.33. The van der Waals surface area contributed by atoms with Crippen LogP contribution >= 0.6 is 0 Å². The number of aromatic amines is 1. The Balaban J connectivity index is 1.18. The molecule has 0 radical (unpaired) electrons. The molecule has 2 aliphatic rings. The van der Waals surface area contributed by atoms with Crippen molar-refractivity contribution in [3.05, 3.63) is 83.2 Å². The topological polar surface area (TPSA) is 53.2 Å². The predicted molar refractivity (Wildman–Crippen MR) is 137 cm³/mol. The van der Waals surface area contributed by atoms with Crippen molar-refractivity contribution >= 4 is 10.9 Å². The summed E-state index contributed by atoms with van der Waals surface area (Å²) in [6, 6.07) is 20.6. The molecule has 1 saturated heterocycles. The normalized spacial score (nSPS) is 19.0. The van der Waals surface area contributed by atoms with E-state index in [4.69, 9.17) is 4.74 Å². The quantitative estimate of drug-likeness (QED) is 0.384. The number of halogens is 1. The Labute approximate surface area is 205 Å². The fourth-order valence-electron chi connectivity index (χ4n) is 5.51. The van der Waals surface area contributed by atoms with Gasteiger partial charge < -0.3 is 10.1 Å². The van der Waals surface area contributed by atoms with Crippen LogP contribution < -0.4 is 10.1 Å². The van der Waals surface area contributed by atoms with Gasteiger partial charge in [-0.2, -0.15) is 5.10 Å². The second-order valence-electron chi connectivity index (χ2n) is 9.85. The number of piperidine rings is 1. The molecule has 0 amide bonds. The van der Waals surface area contributed by atoms with Crippen molar-refractivity contribution in [2.45, 2.75) is 44.8 Å². The number of ether oxygens (including phenoxy) is 1. The molecule has 4 aromatic rings. The average Bonchev–Trinajstić information content (AvgIpc) is 3.51. The maximum Gasteiger partial charge on any atom is 0.127 e. The zero-order valence-electron chi connectivity index (χ0n) is 20.1. The molecule has 35 heavy (non-hydrogen) atoms. The van der Waals surface area contributed by atoms with E-state index in [-0.39, 0.29) is 11.9 Å². The molecule has 2 aliphatic heterocycles. The van der Waals surface area contributed by atoms with Gasteiger partial charge in [0.1, 0.15) is 11.6 Å². The fraction of sp³-hybridized carbons (Fsp3) is 0.345. The molecule has 3 heterocycles. The van der Waals surface area contributed by atoms with Crippen molar-refractivity contribution < 1.29 is 9.13 Å². The SMILES string of the molecule is CC(N[C@@H]1CCCN(Cc2ccccc2F)C1)c1ccc2[nH]nc(-c3ccc4c(c3)CCO4)c2c1. The van der Waals surface area contributed by atoms with E-state index < -0.39 is 0 Å². The number of rotatable bonds is 6. The standard InChI is InChI=1S/C29H31FN4O/c1-19(31-24-6-4-13-34(18-24)17-23-5-2-3-7-26(23)30)20-8-10-27-25(16-20)29(33-32-27)22-9-11-28-21(15-22)12-14-35-28/h2-3,5,7-11,15-16,19,24,31H,4,6,12-14,17-18H2,1H3,(H,32,33)/t19?,24-/m1/s1. The summed E-state index contributed by atoms with van der Waals surface area (Å²) in [6.45, 7) is 5.58. The van der Waals surface area contributed by atoms with Gasteiger partial charge in [-0.3, -0.25) is 10.00 Å². The molecule has 2 atom stereocenters. The van der Waals surface area contributed by atoms with Crippen molar-refractivity contribution in [3.8, 4) is 17.0 Å². The Kier molecular flexibility index (Phi) is 6.00. The van der Waals surface area contributed by atoms with Crippen LogP contribution in [0.4, 0.5) is 4.39 Å². The molecule has 0 spiro atoms. The summed E-state index contributed by atoms with van der Waals surface area (Å²) in [5.74, 6) is 0.875. The summed E-state index contributed by atoms with van der Waals surface area (Å²) >= 11 is 0. The zero-order chi connectivity index (χ0) is 23.8. The second-order valence-corrected chi connectivity index (χ2v) is 9.85. The maximum absolute atomic E-state index is 14.1. The molecule has 6 rings (SSSR count). The largest absolute Gasteiger partial charge is 0.493 e. The number of aromatic nitrogens is 2. The number of benzene rings is 3. The third-order valence-electron chi connectivity index (χ3n) is 7.39. The van der Waals surface area contributed by atoms with E-state index in [1.807, 2.05) is 12.1 Å². The molecular weight excluding hydrogens is 439 g/mol. The van der Waals surface area contributed by atoms with Crippen LogP contribution in [0.3, 0.4) is 0 Å². The number of hydrogen-bond acceptors (Lipinski definition) is 4. The van der Waals surface area contributed by atoms with E-state index >= 15 is 0 Å². The molecule has 2 N–H and O–H groups in total. The third kappa shape index (κ3) is 4.56.